The third-order valence-corrected chi connectivity index (χ3v) is 4.38. The summed E-state index contributed by atoms with van der Waals surface area (Å²) in [5, 5.41) is 12.1. The number of nitrogens with one attached hydrogen (secondary N) is 1. The lowest BCUT2D eigenvalue weighted by Crippen LogP contribution is -2.48. The highest BCUT2D eigenvalue weighted by Gasteiger charge is 2.31. The summed E-state index contributed by atoms with van der Waals surface area (Å²) in [5.41, 5.74) is -0.299. The van der Waals surface area contributed by atoms with Gasteiger partial charge in [-0.1, -0.05) is 13.8 Å². The van der Waals surface area contributed by atoms with E-state index < -0.39 is 11.5 Å². The molecule has 1 aliphatic rings. The van der Waals surface area contributed by atoms with E-state index in [1.807, 2.05) is 0 Å². The molecular weight excluding hydrogens is 228 g/mol. The van der Waals surface area contributed by atoms with E-state index >= 15 is 0 Å². The quantitative estimate of drug-likeness (QED) is 0.762. The first-order valence-corrected chi connectivity index (χ1v) is 6.94. The number of hydrogen-bond donors (Lipinski definition) is 2. The molecule has 0 spiro atoms. The van der Waals surface area contributed by atoms with Crippen LogP contribution in [0.5, 0.6) is 0 Å². The summed E-state index contributed by atoms with van der Waals surface area (Å²) in [7, 11) is 1.72. The van der Waals surface area contributed by atoms with Crippen LogP contribution >= 0.6 is 0 Å². The summed E-state index contributed by atoms with van der Waals surface area (Å²) in [6, 6.07) is 0. The zero-order valence-corrected chi connectivity index (χ0v) is 12.3. The fourth-order valence-corrected chi connectivity index (χ4v) is 2.38. The lowest BCUT2D eigenvalue weighted by molar-refractivity contribution is -0.144. The van der Waals surface area contributed by atoms with E-state index in [0.717, 1.165) is 26.1 Å². The number of aliphatic carboxylic acids is 1. The lowest BCUT2D eigenvalue weighted by Gasteiger charge is -2.37. The van der Waals surface area contributed by atoms with Gasteiger partial charge in [-0.3, -0.25) is 4.79 Å². The van der Waals surface area contributed by atoms with Crippen LogP contribution in [-0.4, -0.2) is 48.2 Å². The molecule has 0 radical (unpaired) electrons. The van der Waals surface area contributed by atoms with Gasteiger partial charge in [0.05, 0.1) is 0 Å². The SMILES string of the molecule is CNC(C)(CCCN1CCC(C)(C)CC1)C(=O)O. The van der Waals surface area contributed by atoms with Crippen molar-refractivity contribution in [3.05, 3.63) is 0 Å². The molecule has 0 aromatic heterocycles. The maximum absolute atomic E-state index is 11.1. The molecule has 0 amide bonds. The summed E-state index contributed by atoms with van der Waals surface area (Å²) < 4.78 is 0. The highest BCUT2D eigenvalue weighted by atomic mass is 16.4. The monoisotopic (exact) mass is 256 g/mol. The van der Waals surface area contributed by atoms with E-state index in [2.05, 4.69) is 24.1 Å². The Morgan fingerprint density at radius 3 is 2.39 bits per heavy atom. The normalized spacial score (nSPS) is 23.6. The van der Waals surface area contributed by atoms with E-state index in [4.69, 9.17) is 5.11 Å². The Morgan fingerprint density at radius 1 is 1.39 bits per heavy atom. The summed E-state index contributed by atoms with van der Waals surface area (Å²) in [5.74, 6) is -0.759. The molecule has 0 bridgehead atoms. The second-order valence-corrected chi connectivity index (χ2v) is 6.50. The minimum absolute atomic E-state index is 0.483. The molecule has 1 heterocycles. The summed E-state index contributed by atoms with van der Waals surface area (Å²) in [4.78, 5) is 13.6. The van der Waals surface area contributed by atoms with Crippen molar-refractivity contribution in [1.29, 1.82) is 0 Å². The van der Waals surface area contributed by atoms with Crippen molar-refractivity contribution in [2.75, 3.05) is 26.7 Å². The first-order valence-electron chi connectivity index (χ1n) is 6.94. The molecular formula is C14H28N2O2. The Balaban J connectivity index is 2.28. The molecule has 18 heavy (non-hydrogen) atoms. The number of nitrogens with zero attached hydrogens (tertiary/aromatic N) is 1. The van der Waals surface area contributed by atoms with Gasteiger partial charge < -0.3 is 15.3 Å². The van der Waals surface area contributed by atoms with Crippen LogP contribution in [0.3, 0.4) is 0 Å². The Bertz CT molecular complexity index is 282. The molecule has 0 aliphatic carbocycles. The molecule has 1 saturated heterocycles. The third-order valence-electron chi connectivity index (χ3n) is 4.38. The summed E-state index contributed by atoms with van der Waals surface area (Å²) in [6.45, 7) is 9.72. The van der Waals surface area contributed by atoms with Gasteiger partial charge in [0.25, 0.3) is 0 Å². The number of carboxylic acid groups (broad SMARTS) is 1. The standard InChI is InChI=1S/C14H28N2O2/c1-13(2)7-10-16(11-8-13)9-5-6-14(3,15-4)12(17)18/h15H,5-11H2,1-4H3,(H,17,18). The number of likely N-dealkylation sites (N-methyl/N-ethyl adjacent to an activating group) is 1. The fourth-order valence-electron chi connectivity index (χ4n) is 2.38. The Morgan fingerprint density at radius 2 is 1.94 bits per heavy atom. The van der Waals surface area contributed by atoms with E-state index in [1.165, 1.54) is 12.8 Å². The van der Waals surface area contributed by atoms with E-state index in [9.17, 15) is 4.79 Å². The second kappa shape index (κ2) is 6.02. The average Bonchev–Trinajstić information content (AvgIpc) is 2.31. The predicted molar refractivity (Wildman–Crippen MR) is 73.8 cm³/mol. The largest absolute Gasteiger partial charge is 0.480 e. The molecule has 1 atom stereocenters. The van der Waals surface area contributed by atoms with Gasteiger partial charge in [0.1, 0.15) is 5.54 Å². The van der Waals surface area contributed by atoms with Crippen LogP contribution in [0.1, 0.15) is 46.5 Å². The van der Waals surface area contributed by atoms with Crippen LogP contribution in [0.25, 0.3) is 0 Å². The molecule has 106 valence electrons. The van der Waals surface area contributed by atoms with E-state index in [-0.39, 0.29) is 0 Å². The van der Waals surface area contributed by atoms with Gasteiger partial charge >= 0.3 is 5.97 Å². The van der Waals surface area contributed by atoms with Gasteiger partial charge in [-0.25, -0.2) is 0 Å². The molecule has 0 aromatic rings. The zero-order valence-electron chi connectivity index (χ0n) is 12.3. The van der Waals surface area contributed by atoms with Crippen molar-refractivity contribution in [1.82, 2.24) is 10.2 Å². The number of likely N-dealkylation sites (tertiary alicyclic amines) is 1. The number of hydrogen-bond acceptors (Lipinski definition) is 3. The minimum Gasteiger partial charge on any atom is -0.480 e. The van der Waals surface area contributed by atoms with Crippen LogP contribution in [0.4, 0.5) is 0 Å². The lowest BCUT2D eigenvalue weighted by atomic mass is 9.82. The molecule has 2 N–H and O–H groups in total. The van der Waals surface area contributed by atoms with Crippen LogP contribution in [0.2, 0.25) is 0 Å². The molecule has 1 fully saturated rings. The molecule has 4 heteroatoms. The summed E-state index contributed by atoms with van der Waals surface area (Å²) >= 11 is 0. The third kappa shape index (κ3) is 4.25. The van der Waals surface area contributed by atoms with Gasteiger partial charge in [0, 0.05) is 0 Å². The van der Waals surface area contributed by atoms with Crippen molar-refractivity contribution in [2.24, 2.45) is 5.41 Å². The van der Waals surface area contributed by atoms with Crippen LogP contribution < -0.4 is 5.32 Å². The second-order valence-electron chi connectivity index (χ2n) is 6.50. The molecule has 0 saturated carbocycles. The highest BCUT2D eigenvalue weighted by molar-refractivity contribution is 5.78. The first-order chi connectivity index (χ1) is 8.29. The van der Waals surface area contributed by atoms with Crippen LogP contribution in [0, 0.1) is 5.41 Å². The van der Waals surface area contributed by atoms with Crippen LogP contribution in [0.15, 0.2) is 0 Å². The Hall–Kier alpha value is -0.610. The van der Waals surface area contributed by atoms with Gasteiger partial charge in [-0.15, -0.1) is 0 Å². The number of piperidine rings is 1. The maximum Gasteiger partial charge on any atom is 0.323 e. The predicted octanol–water partition coefficient (Wildman–Crippen LogP) is 1.95. The molecule has 1 aliphatic heterocycles. The van der Waals surface area contributed by atoms with Crippen molar-refractivity contribution in [3.8, 4) is 0 Å². The molecule has 1 unspecified atom stereocenters. The topological polar surface area (TPSA) is 52.6 Å². The van der Waals surface area contributed by atoms with Crippen LogP contribution in [-0.2, 0) is 4.79 Å². The number of rotatable bonds is 6. The molecule has 0 aromatic carbocycles. The van der Waals surface area contributed by atoms with Gasteiger partial charge in [0.15, 0.2) is 0 Å². The fraction of sp³-hybridized carbons (Fsp3) is 0.929. The van der Waals surface area contributed by atoms with Crippen molar-refractivity contribution in [2.45, 2.75) is 52.0 Å². The minimum atomic E-state index is -0.783. The summed E-state index contributed by atoms with van der Waals surface area (Å²) in [6.07, 6.45) is 4.10. The highest BCUT2D eigenvalue weighted by Crippen LogP contribution is 2.29. The van der Waals surface area contributed by atoms with E-state index in [1.54, 1.807) is 14.0 Å². The smallest absolute Gasteiger partial charge is 0.323 e. The van der Waals surface area contributed by atoms with Gasteiger partial charge in [0.2, 0.25) is 0 Å². The Labute approximate surface area is 111 Å². The van der Waals surface area contributed by atoms with Gasteiger partial charge in [-0.05, 0) is 64.7 Å². The molecule has 1 rings (SSSR count). The zero-order chi connectivity index (χ0) is 13.8. The van der Waals surface area contributed by atoms with Gasteiger partial charge in [-0.2, -0.15) is 0 Å². The van der Waals surface area contributed by atoms with Crippen molar-refractivity contribution in [3.63, 3.8) is 0 Å². The van der Waals surface area contributed by atoms with Crippen molar-refractivity contribution < 1.29 is 9.90 Å². The van der Waals surface area contributed by atoms with Crippen molar-refractivity contribution >= 4 is 5.97 Å². The Kier molecular flexibility index (Phi) is 5.17. The first kappa shape index (κ1) is 15.4. The van der Waals surface area contributed by atoms with E-state index in [0.29, 0.717) is 11.8 Å². The maximum atomic E-state index is 11.1. The number of carbonyl (C=O) groups is 1. The number of carboxylic acids is 1. The molecule has 4 nitrogen and oxygen atoms in total. The average molecular weight is 256 g/mol.